The van der Waals surface area contributed by atoms with Crippen molar-refractivity contribution in [1.29, 1.82) is 0 Å². The van der Waals surface area contributed by atoms with Crippen LogP contribution in [0.4, 0.5) is 24.5 Å². The molecule has 2 heterocycles. The van der Waals surface area contributed by atoms with Gasteiger partial charge in [0.1, 0.15) is 5.82 Å². The third-order valence-corrected chi connectivity index (χ3v) is 8.52. The number of carbonyl (C=O) groups excluding carboxylic acids is 2. The van der Waals surface area contributed by atoms with Gasteiger partial charge in [-0.05, 0) is 116 Å². The van der Waals surface area contributed by atoms with Crippen LogP contribution in [0.1, 0.15) is 71.3 Å². The number of halogens is 3. The van der Waals surface area contributed by atoms with Crippen LogP contribution in [0.3, 0.4) is 0 Å². The van der Waals surface area contributed by atoms with Crippen LogP contribution in [0.5, 0.6) is 0 Å². The van der Waals surface area contributed by atoms with Gasteiger partial charge >= 0.3 is 0 Å². The molecule has 1 unspecified atom stereocenters. The third kappa shape index (κ3) is 6.84. The van der Waals surface area contributed by atoms with Gasteiger partial charge in [-0.15, -0.1) is 0 Å². The number of amides is 2. The highest BCUT2D eigenvalue weighted by Gasteiger charge is 2.30. The topological polar surface area (TPSA) is 73.5 Å². The molecule has 0 bridgehead atoms. The van der Waals surface area contributed by atoms with E-state index in [1.807, 2.05) is 19.1 Å². The molecule has 0 spiro atoms. The summed E-state index contributed by atoms with van der Waals surface area (Å²) in [5.74, 6) is -3.14. The van der Waals surface area contributed by atoms with E-state index in [1.165, 1.54) is 37.5 Å². The second-order valence-corrected chi connectivity index (χ2v) is 11.7. The van der Waals surface area contributed by atoms with E-state index in [9.17, 15) is 22.8 Å². The third-order valence-electron chi connectivity index (χ3n) is 8.52. The zero-order chi connectivity index (χ0) is 32.2. The van der Waals surface area contributed by atoms with E-state index in [1.54, 1.807) is 30.3 Å². The Bertz CT molecular complexity index is 1800. The molecule has 4 aromatic carbocycles. The Labute approximate surface area is 266 Å². The number of carbonyl (C=O) groups is 2. The monoisotopic (exact) mass is 624 g/mol. The first-order chi connectivity index (χ1) is 22.3. The SMILES string of the molecule is CCC(NC(=O)c1ccc2c(c1)/C(=C(/Nc1cccc(CN3CCCCC3)c1)c1ccc(F)cc1)C(=O)N2)c1ccc(F)c(F)c1. The van der Waals surface area contributed by atoms with E-state index < -0.39 is 29.4 Å². The maximum atomic E-state index is 14.0. The minimum Gasteiger partial charge on any atom is -0.354 e. The lowest BCUT2D eigenvalue weighted by Crippen LogP contribution is -2.29. The number of rotatable bonds is 9. The molecular weight excluding hydrogens is 589 g/mol. The molecule has 1 saturated heterocycles. The molecule has 2 aliphatic rings. The normalized spacial score (nSPS) is 16.4. The summed E-state index contributed by atoms with van der Waals surface area (Å²) < 4.78 is 41.4. The van der Waals surface area contributed by atoms with E-state index in [0.29, 0.717) is 40.1 Å². The van der Waals surface area contributed by atoms with Gasteiger partial charge < -0.3 is 16.0 Å². The van der Waals surface area contributed by atoms with Gasteiger partial charge in [0.25, 0.3) is 11.8 Å². The molecule has 0 aliphatic carbocycles. The number of hydrogen-bond acceptors (Lipinski definition) is 4. The zero-order valence-corrected chi connectivity index (χ0v) is 25.5. The van der Waals surface area contributed by atoms with Crippen molar-refractivity contribution in [2.75, 3.05) is 23.7 Å². The molecule has 1 atom stereocenters. The number of nitrogens with one attached hydrogen (secondary N) is 3. The summed E-state index contributed by atoms with van der Waals surface area (Å²) >= 11 is 0. The van der Waals surface area contributed by atoms with E-state index in [0.717, 1.165) is 43.0 Å². The number of piperidine rings is 1. The quantitative estimate of drug-likeness (QED) is 0.166. The van der Waals surface area contributed by atoms with Crippen LogP contribution in [0.2, 0.25) is 0 Å². The summed E-state index contributed by atoms with van der Waals surface area (Å²) in [6.07, 6.45) is 4.09. The van der Waals surface area contributed by atoms with Crippen molar-refractivity contribution in [1.82, 2.24) is 10.2 Å². The minimum absolute atomic E-state index is 0.288. The lowest BCUT2D eigenvalue weighted by atomic mass is 9.97. The number of fused-ring (bicyclic) bond motifs is 1. The lowest BCUT2D eigenvalue weighted by molar-refractivity contribution is -0.110. The average molecular weight is 625 g/mol. The van der Waals surface area contributed by atoms with Gasteiger partial charge in [-0.3, -0.25) is 14.5 Å². The predicted octanol–water partition coefficient (Wildman–Crippen LogP) is 7.90. The smallest absolute Gasteiger partial charge is 0.258 e. The Kier molecular flexibility index (Phi) is 9.21. The van der Waals surface area contributed by atoms with Crippen LogP contribution in [-0.2, 0) is 11.3 Å². The van der Waals surface area contributed by atoms with Crippen molar-refractivity contribution < 1.29 is 22.8 Å². The molecule has 3 N–H and O–H groups in total. The van der Waals surface area contributed by atoms with E-state index in [4.69, 9.17) is 0 Å². The van der Waals surface area contributed by atoms with Crippen molar-refractivity contribution >= 4 is 34.5 Å². The summed E-state index contributed by atoms with van der Waals surface area (Å²) in [6, 6.07) is 21.8. The Morgan fingerprint density at radius 2 is 1.63 bits per heavy atom. The van der Waals surface area contributed by atoms with Crippen LogP contribution in [0, 0.1) is 17.5 Å². The molecule has 9 heteroatoms. The van der Waals surface area contributed by atoms with Crippen molar-refractivity contribution in [2.45, 2.75) is 45.2 Å². The highest BCUT2D eigenvalue weighted by Crippen LogP contribution is 2.38. The highest BCUT2D eigenvalue weighted by molar-refractivity contribution is 6.37. The Morgan fingerprint density at radius 1 is 0.870 bits per heavy atom. The molecule has 0 saturated carbocycles. The Balaban J connectivity index is 1.34. The van der Waals surface area contributed by atoms with Crippen molar-refractivity contribution in [3.05, 3.63) is 130 Å². The van der Waals surface area contributed by atoms with E-state index in [2.05, 4.69) is 33.0 Å². The fourth-order valence-corrected chi connectivity index (χ4v) is 6.11. The second-order valence-electron chi connectivity index (χ2n) is 11.7. The predicted molar refractivity (Wildman–Crippen MR) is 174 cm³/mol. The number of likely N-dealkylation sites (tertiary alicyclic amines) is 1. The molecule has 0 aromatic heterocycles. The summed E-state index contributed by atoms with van der Waals surface area (Å²) in [5, 5.41) is 9.23. The van der Waals surface area contributed by atoms with Crippen LogP contribution in [-0.4, -0.2) is 29.8 Å². The van der Waals surface area contributed by atoms with E-state index >= 15 is 0 Å². The first kappa shape index (κ1) is 31.1. The van der Waals surface area contributed by atoms with Crippen molar-refractivity contribution in [3.8, 4) is 0 Å². The summed E-state index contributed by atoms with van der Waals surface area (Å²) in [4.78, 5) is 29.4. The first-order valence-corrected chi connectivity index (χ1v) is 15.6. The van der Waals surface area contributed by atoms with Gasteiger partial charge in [0.2, 0.25) is 0 Å². The molecule has 1 fully saturated rings. The maximum absolute atomic E-state index is 14.0. The highest BCUT2D eigenvalue weighted by atomic mass is 19.2. The maximum Gasteiger partial charge on any atom is 0.258 e. The lowest BCUT2D eigenvalue weighted by Gasteiger charge is -2.26. The number of nitrogens with zero attached hydrogens (tertiary/aromatic N) is 1. The van der Waals surface area contributed by atoms with Gasteiger partial charge in [-0.25, -0.2) is 13.2 Å². The molecule has 6 nitrogen and oxygen atoms in total. The summed E-state index contributed by atoms with van der Waals surface area (Å²) in [5.41, 5.74) is 5.06. The van der Waals surface area contributed by atoms with Gasteiger partial charge in [0.05, 0.1) is 17.3 Å². The van der Waals surface area contributed by atoms with Crippen molar-refractivity contribution in [2.24, 2.45) is 0 Å². The first-order valence-electron chi connectivity index (χ1n) is 15.6. The minimum atomic E-state index is -0.986. The summed E-state index contributed by atoms with van der Waals surface area (Å²) in [6.45, 7) is 4.79. The number of anilines is 2. The number of hydrogen-bond donors (Lipinski definition) is 3. The molecule has 6 rings (SSSR count). The van der Waals surface area contributed by atoms with Crippen LogP contribution < -0.4 is 16.0 Å². The van der Waals surface area contributed by atoms with E-state index in [-0.39, 0.29) is 11.5 Å². The standard InChI is InChI=1S/C37H35F3N4O2/c1-2-32(25-11-15-30(39)31(40)21-25)42-36(45)26-12-16-33-29(20-26)34(37(46)43-33)35(24-9-13-27(38)14-10-24)41-28-8-6-7-23(19-28)22-44-17-4-3-5-18-44/h6-16,19-21,32,41H,2-5,17-18,22H2,1H3,(H,42,45)(H,43,46)/b35-34-. The number of benzene rings is 4. The molecular formula is C37H35F3N4O2. The molecule has 236 valence electrons. The largest absolute Gasteiger partial charge is 0.354 e. The fourth-order valence-electron chi connectivity index (χ4n) is 6.11. The average Bonchev–Trinajstić information content (AvgIpc) is 3.39. The fraction of sp³-hybridized carbons (Fsp3) is 0.243. The molecule has 2 aliphatic heterocycles. The zero-order valence-electron chi connectivity index (χ0n) is 25.5. The van der Waals surface area contributed by atoms with Crippen LogP contribution in [0.15, 0.2) is 84.9 Å². The van der Waals surface area contributed by atoms with Gasteiger partial charge in [0.15, 0.2) is 11.6 Å². The van der Waals surface area contributed by atoms with Gasteiger partial charge in [-0.1, -0.05) is 31.5 Å². The second kappa shape index (κ2) is 13.6. The van der Waals surface area contributed by atoms with Gasteiger partial charge in [-0.2, -0.15) is 0 Å². The summed E-state index contributed by atoms with van der Waals surface area (Å²) in [7, 11) is 0. The molecule has 46 heavy (non-hydrogen) atoms. The molecule has 0 radical (unpaired) electrons. The van der Waals surface area contributed by atoms with Gasteiger partial charge in [0, 0.05) is 29.0 Å². The van der Waals surface area contributed by atoms with Crippen LogP contribution in [0.25, 0.3) is 11.3 Å². The van der Waals surface area contributed by atoms with Crippen LogP contribution >= 0.6 is 0 Å². The van der Waals surface area contributed by atoms with Crippen molar-refractivity contribution in [3.63, 3.8) is 0 Å². The molecule has 4 aromatic rings. The Morgan fingerprint density at radius 3 is 2.37 bits per heavy atom. The molecule has 2 amide bonds. The Hall–Kier alpha value is -4.89.